The number of nitrogens with zero attached hydrogens (tertiary/aromatic N) is 1. The zero-order valence-electron chi connectivity index (χ0n) is 12.2. The Morgan fingerprint density at radius 2 is 2.05 bits per heavy atom. The lowest BCUT2D eigenvalue weighted by Crippen LogP contribution is -2.33. The molecule has 0 spiro atoms. The van der Waals surface area contributed by atoms with Crippen molar-refractivity contribution in [3.63, 3.8) is 0 Å². The summed E-state index contributed by atoms with van der Waals surface area (Å²) in [4.78, 5) is 22.3. The number of hydrogen-bond acceptors (Lipinski definition) is 5. The van der Waals surface area contributed by atoms with E-state index in [1.165, 1.54) is 6.07 Å². The summed E-state index contributed by atoms with van der Waals surface area (Å²) in [6, 6.07) is 6.57. The van der Waals surface area contributed by atoms with E-state index in [9.17, 15) is 14.9 Å². The summed E-state index contributed by atoms with van der Waals surface area (Å²) in [5, 5.41) is 16.7. The van der Waals surface area contributed by atoms with E-state index in [0.29, 0.717) is 18.8 Å². The standard InChI is InChI=1S/C14H20N4O3.ClH/c15-11-6-5-10(9-11)14(19)17-8-7-16-12-3-1-2-4-13(12)18(20)21;/h1-4,10-11,16H,5-9,15H2,(H,17,19);1H. The minimum absolute atomic E-state index is 0. The quantitative estimate of drug-likeness (QED) is 0.418. The Labute approximate surface area is 135 Å². The molecule has 1 aliphatic carbocycles. The normalized spacial score (nSPS) is 20.0. The van der Waals surface area contributed by atoms with Crippen LogP contribution in [-0.4, -0.2) is 30.0 Å². The van der Waals surface area contributed by atoms with Crippen LogP contribution in [0.5, 0.6) is 0 Å². The van der Waals surface area contributed by atoms with Crippen LogP contribution in [0.25, 0.3) is 0 Å². The molecule has 1 aromatic carbocycles. The summed E-state index contributed by atoms with van der Waals surface area (Å²) >= 11 is 0. The molecule has 8 heteroatoms. The number of para-hydroxylation sites is 2. The minimum Gasteiger partial charge on any atom is -0.378 e. The predicted molar refractivity (Wildman–Crippen MR) is 87.2 cm³/mol. The number of rotatable bonds is 6. The van der Waals surface area contributed by atoms with Crippen molar-refractivity contribution in [2.24, 2.45) is 11.7 Å². The first-order valence-electron chi connectivity index (χ1n) is 7.08. The van der Waals surface area contributed by atoms with Crippen molar-refractivity contribution in [2.75, 3.05) is 18.4 Å². The van der Waals surface area contributed by atoms with Crippen LogP contribution in [0.4, 0.5) is 11.4 Å². The Kier molecular flexibility index (Phi) is 7.07. The van der Waals surface area contributed by atoms with E-state index in [0.717, 1.165) is 19.3 Å². The molecule has 0 heterocycles. The molecule has 0 aromatic heterocycles. The molecule has 1 fully saturated rings. The van der Waals surface area contributed by atoms with Crippen molar-refractivity contribution in [1.82, 2.24) is 5.32 Å². The highest BCUT2D eigenvalue weighted by Crippen LogP contribution is 2.24. The van der Waals surface area contributed by atoms with Gasteiger partial charge in [0.25, 0.3) is 5.69 Å². The third-order valence-electron chi connectivity index (χ3n) is 3.68. The number of carbonyl (C=O) groups is 1. The molecule has 0 saturated heterocycles. The van der Waals surface area contributed by atoms with Gasteiger partial charge in [0.15, 0.2) is 0 Å². The van der Waals surface area contributed by atoms with Crippen LogP contribution in [0.15, 0.2) is 24.3 Å². The zero-order valence-corrected chi connectivity index (χ0v) is 13.0. The van der Waals surface area contributed by atoms with E-state index >= 15 is 0 Å². The van der Waals surface area contributed by atoms with Crippen molar-refractivity contribution in [3.8, 4) is 0 Å². The van der Waals surface area contributed by atoms with Crippen molar-refractivity contribution in [2.45, 2.75) is 25.3 Å². The number of benzene rings is 1. The van der Waals surface area contributed by atoms with Gasteiger partial charge < -0.3 is 16.4 Å². The van der Waals surface area contributed by atoms with Gasteiger partial charge in [0.1, 0.15) is 5.69 Å². The lowest BCUT2D eigenvalue weighted by Gasteiger charge is -2.11. The average Bonchev–Trinajstić information content (AvgIpc) is 2.90. The van der Waals surface area contributed by atoms with E-state index in [1.807, 2.05) is 0 Å². The Balaban J connectivity index is 0.00000242. The molecule has 1 aromatic rings. The van der Waals surface area contributed by atoms with Gasteiger partial charge in [-0.2, -0.15) is 0 Å². The fraction of sp³-hybridized carbons (Fsp3) is 0.500. The molecule has 1 saturated carbocycles. The molecule has 22 heavy (non-hydrogen) atoms. The molecule has 0 bridgehead atoms. The molecule has 2 unspecified atom stereocenters. The molecule has 1 aliphatic rings. The van der Waals surface area contributed by atoms with Crippen molar-refractivity contribution in [1.29, 1.82) is 0 Å². The monoisotopic (exact) mass is 328 g/mol. The number of anilines is 1. The van der Waals surface area contributed by atoms with E-state index in [4.69, 9.17) is 5.73 Å². The fourth-order valence-electron chi connectivity index (χ4n) is 2.56. The van der Waals surface area contributed by atoms with E-state index in [-0.39, 0.29) is 36.0 Å². The Bertz CT molecular complexity index is 527. The third kappa shape index (κ3) is 4.85. The Hall–Kier alpha value is -1.86. The van der Waals surface area contributed by atoms with Gasteiger partial charge in [-0.3, -0.25) is 14.9 Å². The summed E-state index contributed by atoms with van der Waals surface area (Å²) in [6.45, 7) is 0.867. The molecular weight excluding hydrogens is 308 g/mol. The van der Waals surface area contributed by atoms with Crippen LogP contribution < -0.4 is 16.4 Å². The van der Waals surface area contributed by atoms with Gasteiger partial charge in [-0.1, -0.05) is 12.1 Å². The van der Waals surface area contributed by atoms with Crippen LogP contribution in [0.3, 0.4) is 0 Å². The molecule has 7 nitrogen and oxygen atoms in total. The number of carbonyl (C=O) groups excluding carboxylic acids is 1. The maximum absolute atomic E-state index is 11.9. The smallest absolute Gasteiger partial charge is 0.292 e. The second-order valence-corrected chi connectivity index (χ2v) is 5.26. The third-order valence-corrected chi connectivity index (χ3v) is 3.68. The first-order valence-corrected chi connectivity index (χ1v) is 7.08. The maximum atomic E-state index is 11.9. The summed E-state index contributed by atoms with van der Waals surface area (Å²) in [5.74, 6) is 0.0263. The predicted octanol–water partition coefficient (Wildman–Crippen LogP) is 1.67. The van der Waals surface area contributed by atoms with Gasteiger partial charge in [0, 0.05) is 31.1 Å². The number of nitrogens with one attached hydrogen (secondary N) is 2. The van der Waals surface area contributed by atoms with Crippen LogP contribution in [0.1, 0.15) is 19.3 Å². The van der Waals surface area contributed by atoms with Gasteiger partial charge in [-0.15, -0.1) is 12.4 Å². The second-order valence-electron chi connectivity index (χ2n) is 5.26. The molecule has 2 rings (SSSR count). The summed E-state index contributed by atoms with van der Waals surface area (Å²) in [5.41, 5.74) is 6.27. The highest BCUT2D eigenvalue weighted by Gasteiger charge is 2.27. The van der Waals surface area contributed by atoms with E-state index in [2.05, 4.69) is 10.6 Å². The van der Waals surface area contributed by atoms with Gasteiger partial charge in [-0.25, -0.2) is 0 Å². The summed E-state index contributed by atoms with van der Waals surface area (Å²) in [7, 11) is 0. The first-order chi connectivity index (χ1) is 10.1. The molecule has 122 valence electrons. The van der Waals surface area contributed by atoms with Crippen molar-refractivity contribution in [3.05, 3.63) is 34.4 Å². The topological polar surface area (TPSA) is 110 Å². The van der Waals surface area contributed by atoms with Gasteiger partial charge in [0.05, 0.1) is 4.92 Å². The number of amides is 1. The van der Waals surface area contributed by atoms with Gasteiger partial charge >= 0.3 is 0 Å². The molecule has 4 N–H and O–H groups in total. The molecule has 0 radical (unpaired) electrons. The summed E-state index contributed by atoms with van der Waals surface area (Å²) < 4.78 is 0. The fourth-order valence-corrected chi connectivity index (χ4v) is 2.56. The highest BCUT2D eigenvalue weighted by atomic mass is 35.5. The van der Waals surface area contributed by atoms with Gasteiger partial charge in [0.2, 0.25) is 5.91 Å². The van der Waals surface area contributed by atoms with Gasteiger partial charge in [-0.05, 0) is 25.3 Å². The second kappa shape index (κ2) is 8.55. The Morgan fingerprint density at radius 1 is 1.32 bits per heavy atom. The molecule has 2 atom stereocenters. The summed E-state index contributed by atoms with van der Waals surface area (Å²) in [6.07, 6.45) is 2.47. The number of hydrogen-bond donors (Lipinski definition) is 3. The number of nitro benzene ring substituents is 1. The van der Waals surface area contributed by atoms with Crippen LogP contribution >= 0.6 is 12.4 Å². The maximum Gasteiger partial charge on any atom is 0.292 e. The Morgan fingerprint density at radius 3 is 2.68 bits per heavy atom. The molecule has 1 amide bonds. The lowest BCUT2D eigenvalue weighted by molar-refractivity contribution is -0.384. The SMILES string of the molecule is Cl.NC1CCC(C(=O)NCCNc2ccccc2[N+](=O)[O-])C1. The molecular formula is C14H21ClN4O3. The average molecular weight is 329 g/mol. The molecule has 0 aliphatic heterocycles. The van der Waals surface area contributed by atoms with E-state index in [1.54, 1.807) is 18.2 Å². The van der Waals surface area contributed by atoms with Crippen molar-refractivity contribution >= 4 is 29.7 Å². The minimum atomic E-state index is -0.430. The zero-order chi connectivity index (χ0) is 15.2. The first kappa shape index (κ1) is 18.2. The van der Waals surface area contributed by atoms with Crippen LogP contribution in [0.2, 0.25) is 0 Å². The number of nitro groups is 1. The lowest BCUT2D eigenvalue weighted by atomic mass is 10.1. The number of nitrogens with two attached hydrogens (primary N) is 1. The van der Waals surface area contributed by atoms with Crippen LogP contribution in [-0.2, 0) is 4.79 Å². The van der Waals surface area contributed by atoms with Crippen molar-refractivity contribution < 1.29 is 9.72 Å². The number of halogens is 1. The largest absolute Gasteiger partial charge is 0.378 e. The van der Waals surface area contributed by atoms with E-state index < -0.39 is 4.92 Å². The van der Waals surface area contributed by atoms with Crippen LogP contribution in [0, 0.1) is 16.0 Å². The highest BCUT2D eigenvalue weighted by molar-refractivity contribution is 5.85.